The van der Waals surface area contributed by atoms with Crippen LogP contribution in [0.2, 0.25) is 0 Å². The molecule has 5 N–H and O–H groups in total. The van der Waals surface area contributed by atoms with E-state index in [0.29, 0.717) is 12.1 Å². The van der Waals surface area contributed by atoms with Crippen molar-refractivity contribution < 1.29 is 4.79 Å². The van der Waals surface area contributed by atoms with E-state index in [1.165, 1.54) is 4.68 Å². The van der Waals surface area contributed by atoms with Crippen LogP contribution in [0.1, 0.15) is 12.8 Å². The molecule has 0 unspecified atom stereocenters. The zero-order chi connectivity index (χ0) is 10.8. The first-order chi connectivity index (χ1) is 7.13. The summed E-state index contributed by atoms with van der Waals surface area (Å²) in [5.41, 5.74) is 11.6. The number of carbonyl (C=O) groups excluding carboxylic acids is 1. The molecule has 1 aromatic heterocycles. The molecular formula is C9H15N5O. The Morgan fingerprint density at radius 3 is 3.00 bits per heavy atom. The minimum Gasteiger partial charge on any atom is -0.380 e. The van der Waals surface area contributed by atoms with Gasteiger partial charge < -0.3 is 16.8 Å². The summed E-state index contributed by atoms with van der Waals surface area (Å²) in [6.07, 6.45) is 5.43. The van der Waals surface area contributed by atoms with E-state index in [0.717, 1.165) is 18.5 Å². The number of amides is 1. The highest BCUT2D eigenvalue weighted by Gasteiger charge is 2.25. The maximum absolute atomic E-state index is 10.6. The van der Waals surface area contributed by atoms with Crippen LogP contribution in [-0.2, 0) is 11.3 Å². The minimum atomic E-state index is -0.393. The molecule has 2 rings (SSSR count). The van der Waals surface area contributed by atoms with Crippen molar-refractivity contribution in [1.29, 1.82) is 0 Å². The maximum atomic E-state index is 10.6. The molecular weight excluding hydrogens is 194 g/mol. The number of nitrogens with two attached hydrogens (primary N) is 2. The second-order valence-corrected chi connectivity index (χ2v) is 3.97. The molecule has 0 aromatic carbocycles. The largest absolute Gasteiger partial charge is 0.380 e. The number of hydrogen-bond acceptors (Lipinski definition) is 4. The van der Waals surface area contributed by atoms with E-state index in [4.69, 9.17) is 11.5 Å². The third-order valence-corrected chi connectivity index (χ3v) is 2.50. The van der Waals surface area contributed by atoms with Gasteiger partial charge in [0.25, 0.3) is 0 Å². The highest BCUT2D eigenvalue weighted by molar-refractivity contribution is 5.73. The predicted molar refractivity (Wildman–Crippen MR) is 56.0 cm³/mol. The zero-order valence-electron chi connectivity index (χ0n) is 8.39. The maximum Gasteiger partial charge on any atom is 0.239 e. The van der Waals surface area contributed by atoms with E-state index in [1.54, 1.807) is 12.4 Å². The van der Waals surface area contributed by atoms with Crippen LogP contribution >= 0.6 is 0 Å². The first-order valence-electron chi connectivity index (χ1n) is 4.96. The Morgan fingerprint density at radius 2 is 2.40 bits per heavy atom. The molecule has 15 heavy (non-hydrogen) atoms. The standard InChI is InChI=1S/C9H15N5O/c10-6-1-7(2-6)13-8-3-12-14(4-8)5-9(11)15/h3-4,6-7,13H,1-2,5,10H2,(H2,11,15). The lowest BCUT2D eigenvalue weighted by molar-refractivity contribution is -0.118. The number of primary amides is 1. The van der Waals surface area contributed by atoms with Crippen molar-refractivity contribution in [2.45, 2.75) is 31.5 Å². The van der Waals surface area contributed by atoms with Crippen LogP contribution in [0.3, 0.4) is 0 Å². The number of anilines is 1. The summed E-state index contributed by atoms with van der Waals surface area (Å²) < 4.78 is 1.52. The van der Waals surface area contributed by atoms with Gasteiger partial charge in [0.1, 0.15) is 6.54 Å². The molecule has 6 heteroatoms. The van der Waals surface area contributed by atoms with Crippen molar-refractivity contribution in [3.63, 3.8) is 0 Å². The van der Waals surface area contributed by atoms with E-state index < -0.39 is 5.91 Å². The highest BCUT2D eigenvalue weighted by atomic mass is 16.1. The molecule has 1 amide bonds. The van der Waals surface area contributed by atoms with Crippen molar-refractivity contribution in [2.24, 2.45) is 11.5 Å². The fraction of sp³-hybridized carbons (Fsp3) is 0.556. The van der Waals surface area contributed by atoms with Crippen LogP contribution < -0.4 is 16.8 Å². The fourth-order valence-corrected chi connectivity index (χ4v) is 1.70. The molecule has 1 saturated carbocycles. The van der Waals surface area contributed by atoms with Crippen molar-refractivity contribution in [3.05, 3.63) is 12.4 Å². The van der Waals surface area contributed by atoms with Gasteiger partial charge in [-0.15, -0.1) is 0 Å². The first kappa shape index (κ1) is 9.97. The Hall–Kier alpha value is -1.56. The van der Waals surface area contributed by atoms with Crippen molar-refractivity contribution in [3.8, 4) is 0 Å². The molecule has 0 atom stereocenters. The van der Waals surface area contributed by atoms with Gasteiger partial charge in [-0.1, -0.05) is 0 Å². The molecule has 1 heterocycles. The second kappa shape index (κ2) is 3.90. The lowest BCUT2D eigenvalue weighted by Crippen LogP contribution is -2.44. The molecule has 0 radical (unpaired) electrons. The third-order valence-electron chi connectivity index (χ3n) is 2.50. The van der Waals surface area contributed by atoms with Crippen molar-refractivity contribution in [1.82, 2.24) is 9.78 Å². The van der Waals surface area contributed by atoms with Crippen LogP contribution in [0.25, 0.3) is 0 Å². The van der Waals surface area contributed by atoms with Gasteiger partial charge in [-0.2, -0.15) is 5.10 Å². The van der Waals surface area contributed by atoms with Crippen LogP contribution in [0.5, 0.6) is 0 Å². The van der Waals surface area contributed by atoms with Crippen molar-refractivity contribution >= 4 is 11.6 Å². The van der Waals surface area contributed by atoms with E-state index in [9.17, 15) is 4.79 Å². The van der Waals surface area contributed by atoms with Gasteiger partial charge in [-0.3, -0.25) is 9.48 Å². The number of carbonyl (C=O) groups is 1. The minimum absolute atomic E-state index is 0.117. The predicted octanol–water partition coefficient (Wildman–Crippen LogP) is -0.730. The monoisotopic (exact) mass is 209 g/mol. The first-order valence-corrected chi connectivity index (χ1v) is 4.96. The molecule has 1 aliphatic rings. The number of hydrogen-bond donors (Lipinski definition) is 3. The molecule has 0 spiro atoms. The van der Waals surface area contributed by atoms with Gasteiger partial charge >= 0.3 is 0 Å². The molecule has 0 bridgehead atoms. The summed E-state index contributed by atoms with van der Waals surface area (Å²) in [6, 6.07) is 0.759. The van der Waals surface area contributed by atoms with Gasteiger partial charge in [-0.25, -0.2) is 0 Å². The molecule has 1 aliphatic carbocycles. The van der Waals surface area contributed by atoms with Gasteiger partial charge in [0.2, 0.25) is 5.91 Å². The Balaban J connectivity index is 1.87. The van der Waals surface area contributed by atoms with Gasteiger partial charge in [0.15, 0.2) is 0 Å². The van der Waals surface area contributed by atoms with Crippen LogP contribution in [-0.4, -0.2) is 27.8 Å². The van der Waals surface area contributed by atoms with Gasteiger partial charge in [-0.05, 0) is 12.8 Å². The Kier molecular flexibility index (Phi) is 2.59. The highest BCUT2D eigenvalue weighted by Crippen LogP contribution is 2.21. The topological polar surface area (TPSA) is 99.0 Å². The summed E-state index contributed by atoms with van der Waals surface area (Å²) in [6.45, 7) is 0.117. The summed E-state index contributed by atoms with van der Waals surface area (Å²) >= 11 is 0. The average Bonchev–Trinajstić information content (AvgIpc) is 2.48. The van der Waals surface area contributed by atoms with E-state index in [-0.39, 0.29) is 6.54 Å². The molecule has 82 valence electrons. The van der Waals surface area contributed by atoms with Crippen LogP contribution in [0.15, 0.2) is 12.4 Å². The molecule has 0 saturated heterocycles. The number of aromatic nitrogens is 2. The second-order valence-electron chi connectivity index (χ2n) is 3.97. The number of nitrogens with zero attached hydrogens (tertiary/aromatic N) is 2. The van der Waals surface area contributed by atoms with Crippen molar-refractivity contribution in [2.75, 3.05) is 5.32 Å². The van der Waals surface area contributed by atoms with E-state index >= 15 is 0 Å². The zero-order valence-corrected chi connectivity index (χ0v) is 8.39. The summed E-state index contributed by atoms with van der Waals surface area (Å²) in [4.78, 5) is 10.6. The quantitative estimate of drug-likeness (QED) is 0.608. The number of nitrogens with one attached hydrogen (secondary N) is 1. The van der Waals surface area contributed by atoms with E-state index in [2.05, 4.69) is 10.4 Å². The normalized spacial score (nSPS) is 24.6. The van der Waals surface area contributed by atoms with Crippen LogP contribution in [0, 0.1) is 0 Å². The lowest BCUT2D eigenvalue weighted by Gasteiger charge is -2.33. The molecule has 0 aliphatic heterocycles. The Bertz CT molecular complexity index is 355. The fourth-order valence-electron chi connectivity index (χ4n) is 1.70. The molecule has 1 fully saturated rings. The smallest absolute Gasteiger partial charge is 0.239 e. The third kappa shape index (κ3) is 2.47. The van der Waals surface area contributed by atoms with Gasteiger partial charge in [0, 0.05) is 18.3 Å². The summed E-state index contributed by atoms with van der Waals surface area (Å²) in [5.74, 6) is -0.393. The summed E-state index contributed by atoms with van der Waals surface area (Å²) in [5, 5.41) is 7.30. The van der Waals surface area contributed by atoms with Crippen LogP contribution in [0.4, 0.5) is 5.69 Å². The van der Waals surface area contributed by atoms with E-state index in [1.807, 2.05) is 0 Å². The lowest BCUT2D eigenvalue weighted by atomic mass is 9.87. The SMILES string of the molecule is NC(=O)Cn1cc(NC2CC(N)C2)cn1. The van der Waals surface area contributed by atoms with Gasteiger partial charge in [0.05, 0.1) is 11.9 Å². The summed E-state index contributed by atoms with van der Waals surface area (Å²) in [7, 11) is 0. The number of rotatable bonds is 4. The average molecular weight is 209 g/mol. The molecule has 1 aromatic rings. The molecule has 6 nitrogen and oxygen atoms in total. The Labute approximate surface area is 87.6 Å². The Morgan fingerprint density at radius 1 is 1.67 bits per heavy atom.